The maximum absolute atomic E-state index is 12.1. The fraction of sp³-hybridized carbons (Fsp3) is 0.286. The molecule has 2 aromatic rings. The van der Waals surface area contributed by atoms with Crippen molar-refractivity contribution in [3.05, 3.63) is 35.0 Å². The van der Waals surface area contributed by atoms with E-state index in [0.717, 1.165) is 5.52 Å². The van der Waals surface area contributed by atoms with E-state index in [1.165, 1.54) is 6.20 Å². The Balaban J connectivity index is 2.11. The molecule has 0 atom stereocenters. The molecule has 0 spiro atoms. The van der Waals surface area contributed by atoms with Crippen LogP contribution < -0.4 is 5.32 Å². The molecule has 20 heavy (non-hydrogen) atoms. The number of rotatable bonds is 6. The van der Waals surface area contributed by atoms with Crippen molar-refractivity contribution >= 4 is 34.2 Å². The zero-order valence-corrected chi connectivity index (χ0v) is 11.8. The third kappa shape index (κ3) is 3.18. The fourth-order valence-corrected chi connectivity index (χ4v) is 2.07. The van der Waals surface area contributed by atoms with E-state index < -0.39 is 11.7 Å². The molecule has 0 unspecified atom stereocenters. The number of amides is 1. The van der Waals surface area contributed by atoms with Gasteiger partial charge >= 0.3 is 0 Å². The largest absolute Gasteiger partial charge is 0.385 e. The fourth-order valence-electron chi connectivity index (χ4n) is 1.90. The van der Waals surface area contributed by atoms with E-state index in [9.17, 15) is 9.59 Å². The smallest absolute Gasteiger partial charge is 0.292 e. The van der Waals surface area contributed by atoms with Gasteiger partial charge in [-0.1, -0.05) is 11.6 Å². The van der Waals surface area contributed by atoms with Crippen molar-refractivity contribution in [2.75, 3.05) is 20.3 Å². The van der Waals surface area contributed by atoms with Crippen LogP contribution in [0.1, 0.15) is 16.8 Å². The summed E-state index contributed by atoms with van der Waals surface area (Å²) in [6, 6.07) is 5.16. The minimum Gasteiger partial charge on any atom is -0.385 e. The zero-order valence-electron chi connectivity index (χ0n) is 11.0. The molecule has 2 rings (SSSR count). The van der Waals surface area contributed by atoms with Gasteiger partial charge in [0.1, 0.15) is 0 Å². The molecule has 1 heterocycles. The number of ketones is 1. The molecule has 0 bridgehead atoms. The molecule has 0 fully saturated rings. The number of nitrogens with one attached hydrogen (secondary N) is 2. The van der Waals surface area contributed by atoms with Gasteiger partial charge in [0.25, 0.3) is 11.7 Å². The highest BCUT2D eigenvalue weighted by Gasteiger charge is 2.19. The summed E-state index contributed by atoms with van der Waals surface area (Å²) in [5.41, 5.74) is 1.09. The molecule has 0 radical (unpaired) electrons. The number of fused-ring (bicyclic) bond motifs is 1. The molecular weight excluding hydrogens is 280 g/mol. The highest BCUT2D eigenvalue weighted by Crippen LogP contribution is 2.22. The van der Waals surface area contributed by atoms with Gasteiger partial charge in [-0.05, 0) is 24.6 Å². The van der Waals surface area contributed by atoms with E-state index in [1.807, 2.05) is 0 Å². The Morgan fingerprint density at radius 1 is 1.40 bits per heavy atom. The number of benzene rings is 1. The maximum Gasteiger partial charge on any atom is 0.292 e. The number of hydrogen-bond acceptors (Lipinski definition) is 3. The van der Waals surface area contributed by atoms with E-state index in [-0.39, 0.29) is 0 Å². The summed E-state index contributed by atoms with van der Waals surface area (Å²) in [6.07, 6.45) is 2.19. The number of ether oxygens (including phenoxy) is 1. The average molecular weight is 295 g/mol. The van der Waals surface area contributed by atoms with Crippen LogP contribution in [0.4, 0.5) is 0 Å². The lowest BCUT2D eigenvalue weighted by Gasteiger charge is -2.03. The summed E-state index contributed by atoms with van der Waals surface area (Å²) in [6.45, 7) is 0.943. The van der Waals surface area contributed by atoms with E-state index in [1.54, 1.807) is 25.3 Å². The van der Waals surface area contributed by atoms with E-state index in [0.29, 0.717) is 35.5 Å². The number of hydrogen-bond donors (Lipinski definition) is 2. The summed E-state index contributed by atoms with van der Waals surface area (Å²) in [5, 5.41) is 3.74. The molecule has 106 valence electrons. The Morgan fingerprint density at radius 2 is 2.20 bits per heavy atom. The first kappa shape index (κ1) is 14.6. The molecule has 0 saturated carbocycles. The molecule has 5 nitrogen and oxygen atoms in total. The van der Waals surface area contributed by atoms with Gasteiger partial charge in [-0.25, -0.2) is 0 Å². The summed E-state index contributed by atoms with van der Waals surface area (Å²) >= 11 is 5.91. The second kappa shape index (κ2) is 6.54. The van der Waals surface area contributed by atoms with E-state index in [2.05, 4.69) is 10.3 Å². The molecule has 0 aliphatic heterocycles. The second-order valence-electron chi connectivity index (χ2n) is 4.32. The van der Waals surface area contributed by atoms with Crippen LogP contribution in [0.5, 0.6) is 0 Å². The summed E-state index contributed by atoms with van der Waals surface area (Å²) in [5.74, 6) is -1.20. The van der Waals surface area contributed by atoms with Crippen molar-refractivity contribution in [1.82, 2.24) is 10.3 Å². The highest BCUT2D eigenvalue weighted by molar-refractivity contribution is 6.45. The molecule has 0 aliphatic rings. The standard InChI is InChI=1S/C14H15ClN2O3/c1-20-6-2-5-16-14(19)13(18)11-8-17-12-4-3-9(15)7-10(11)12/h3-4,7-8,17H,2,5-6H2,1H3,(H,16,19). The van der Waals surface area contributed by atoms with Crippen molar-refractivity contribution in [3.63, 3.8) is 0 Å². The lowest BCUT2D eigenvalue weighted by atomic mass is 10.1. The lowest BCUT2D eigenvalue weighted by Crippen LogP contribution is -2.32. The number of Topliss-reactive ketones (excluding diaryl/α,β-unsaturated/α-hetero) is 1. The number of carbonyl (C=O) groups excluding carboxylic acids is 2. The monoisotopic (exact) mass is 294 g/mol. The normalized spacial score (nSPS) is 10.7. The van der Waals surface area contributed by atoms with Crippen molar-refractivity contribution in [3.8, 4) is 0 Å². The number of aromatic nitrogens is 1. The SMILES string of the molecule is COCCCNC(=O)C(=O)c1c[nH]c2ccc(Cl)cc12. The van der Waals surface area contributed by atoms with Crippen molar-refractivity contribution in [2.24, 2.45) is 0 Å². The Morgan fingerprint density at radius 3 is 2.95 bits per heavy atom. The van der Waals surface area contributed by atoms with Crippen LogP contribution in [-0.4, -0.2) is 36.9 Å². The molecule has 2 N–H and O–H groups in total. The molecule has 0 aliphatic carbocycles. The number of carbonyl (C=O) groups is 2. The summed E-state index contributed by atoms with van der Waals surface area (Å²) in [4.78, 5) is 26.8. The molecule has 1 amide bonds. The highest BCUT2D eigenvalue weighted by atomic mass is 35.5. The lowest BCUT2D eigenvalue weighted by molar-refractivity contribution is -0.117. The molecular formula is C14H15ClN2O3. The molecule has 1 aromatic carbocycles. The van der Waals surface area contributed by atoms with Crippen LogP contribution in [0.15, 0.2) is 24.4 Å². The van der Waals surface area contributed by atoms with Crippen LogP contribution in [0.2, 0.25) is 5.02 Å². The van der Waals surface area contributed by atoms with Crippen molar-refractivity contribution in [1.29, 1.82) is 0 Å². The van der Waals surface area contributed by atoms with Crippen LogP contribution >= 0.6 is 11.6 Å². The van der Waals surface area contributed by atoms with Crippen molar-refractivity contribution in [2.45, 2.75) is 6.42 Å². The average Bonchev–Trinajstić information content (AvgIpc) is 2.85. The first-order valence-corrected chi connectivity index (χ1v) is 6.59. The molecule has 0 saturated heterocycles. The summed E-state index contributed by atoms with van der Waals surface area (Å²) < 4.78 is 4.87. The topological polar surface area (TPSA) is 71.2 Å². The third-order valence-corrected chi connectivity index (χ3v) is 3.14. The minimum absolute atomic E-state index is 0.326. The number of aromatic amines is 1. The predicted molar refractivity (Wildman–Crippen MR) is 77.1 cm³/mol. The first-order chi connectivity index (χ1) is 9.63. The third-order valence-electron chi connectivity index (χ3n) is 2.91. The van der Waals surface area contributed by atoms with Gasteiger partial charge in [-0.15, -0.1) is 0 Å². The van der Waals surface area contributed by atoms with E-state index in [4.69, 9.17) is 16.3 Å². The van der Waals surface area contributed by atoms with Crippen LogP contribution in [0.25, 0.3) is 10.9 Å². The van der Waals surface area contributed by atoms with Crippen molar-refractivity contribution < 1.29 is 14.3 Å². The van der Waals surface area contributed by atoms with Gasteiger partial charge in [-0.3, -0.25) is 9.59 Å². The Kier molecular flexibility index (Phi) is 4.76. The molecule has 6 heteroatoms. The van der Waals surface area contributed by atoms with Gasteiger partial charge in [0.05, 0.1) is 5.56 Å². The maximum atomic E-state index is 12.1. The van der Waals surface area contributed by atoms with Crippen LogP contribution in [0, 0.1) is 0 Å². The van der Waals surface area contributed by atoms with Gasteiger partial charge in [0.2, 0.25) is 0 Å². The first-order valence-electron chi connectivity index (χ1n) is 6.21. The van der Waals surface area contributed by atoms with E-state index >= 15 is 0 Å². The number of methoxy groups -OCH3 is 1. The Labute approximate surface area is 121 Å². The number of halogens is 1. The zero-order chi connectivity index (χ0) is 14.5. The van der Waals surface area contributed by atoms with Gasteiger partial charge in [-0.2, -0.15) is 0 Å². The van der Waals surface area contributed by atoms with Gasteiger partial charge in [0, 0.05) is 42.4 Å². The Hall–Kier alpha value is -1.85. The second-order valence-corrected chi connectivity index (χ2v) is 4.76. The van der Waals surface area contributed by atoms with Gasteiger partial charge in [0.15, 0.2) is 0 Å². The quantitative estimate of drug-likeness (QED) is 0.487. The molecule has 1 aromatic heterocycles. The Bertz CT molecular complexity index is 636. The minimum atomic E-state index is -0.623. The van der Waals surface area contributed by atoms with Gasteiger partial charge < -0.3 is 15.0 Å². The van der Waals surface area contributed by atoms with Crippen LogP contribution in [-0.2, 0) is 9.53 Å². The number of H-pyrrole nitrogens is 1. The summed E-state index contributed by atoms with van der Waals surface area (Å²) in [7, 11) is 1.59. The van der Waals surface area contributed by atoms with Crippen LogP contribution in [0.3, 0.4) is 0 Å². The predicted octanol–water partition coefficient (Wildman–Crippen LogP) is 2.16.